The quantitative estimate of drug-likeness (QED) is 0.695. The molecule has 6 heteroatoms. The highest BCUT2D eigenvalue weighted by atomic mass is 16.6. The van der Waals surface area contributed by atoms with Crippen LogP contribution in [0.1, 0.15) is 19.8 Å². The van der Waals surface area contributed by atoms with Gasteiger partial charge in [0.15, 0.2) is 0 Å². The molecule has 0 bridgehead atoms. The standard InChI is InChI=1S/C10H16N2O4/c1-2-16-9(15)12-5-7(11)3-6-4-10(6,12)8(13)14/h6-7H,2-5,11H2,1H3,(H,13,14). The van der Waals surface area contributed by atoms with E-state index < -0.39 is 17.6 Å². The first-order valence-corrected chi connectivity index (χ1v) is 5.45. The molecule has 1 aliphatic heterocycles. The second kappa shape index (κ2) is 3.62. The van der Waals surface area contributed by atoms with E-state index in [9.17, 15) is 14.7 Å². The Morgan fingerprint density at radius 3 is 2.88 bits per heavy atom. The van der Waals surface area contributed by atoms with Crippen LogP contribution in [0.25, 0.3) is 0 Å². The summed E-state index contributed by atoms with van der Waals surface area (Å²) in [5, 5.41) is 9.22. The van der Waals surface area contributed by atoms with Crippen molar-refractivity contribution < 1.29 is 19.4 Å². The van der Waals surface area contributed by atoms with Crippen molar-refractivity contribution >= 4 is 12.1 Å². The predicted molar refractivity (Wildman–Crippen MR) is 54.8 cm³/mol. The lowest BCUT2D eigenvalue weighted by Crippen LogP contribution is -2.56. The van der Waals surface area contributed by atoms with Crippen LogP contribution in [0.4, 0.5) is 4.79 Å². The van der Waals surface area contributed by atoms with E-state index in [1.165, 1.54) is 4.90 Å². The summed E-state index contributed by atoms with van der Waals surface area (Å²) < 4.78 is 4.87. The molecular formula is C10H16N2O4. The number of aliphatic carboxylic acids is 1. The van der Waals surface area contributed by atoms with E-state index in [1.807, 2.05) is 0 Å². The van der Waals surface area contributed by atoms with Gasteiger partial charge in [0, 0.05) is 12.6 Å². The summed E-state index contributed by atoms with van der Waals surface area (Å²) in [5.41, 5.74) is 4.75. The van der Waals surface area contributed by atoms with Gasteiger partial charge in [0.1, 0.15) is 5.54 Å². The molecule has 1 saturated carbocycles. The number of amides is 1. The molecule has 1 aliphatic carbocycles. The van der Waals surface area contributed by atoms with E-state index in [4.69, 9.17) is 10.5 Å². The van der Waals surface area contributed by atoms with Gasteiger partial charge in [-0.3, -0.25) is 4.90 Å². The molecule has 3 unspecified atom stereocenters. The smallest absolute Gasteiger partial charge is 0.410 e. The number of nitrogens with two attached hydrogens (primary N) is 1. The van der Waals surface area contributed by atoms with Gasteiger partial charge in [-0.05, 0) is 25.7 Å². The Bertz CT molecular complexity index is 333. The average Bonchev–Trinajstić information content (AvgIpc) is 2.92. The van der Waals surface area contributed by atoms with Gasteiger partial charge in [-0.15, -0.1) is 0 Å². The second-order valence-electron chi connectivity index (χ2n) is 4.44. The number of rotatable bonds is 2. The van der Waals surface area contributed by atoms with Crippen LogP contribution in [0.15, 0.2) is 0 Å². The minimum Gasteiger partial charge on any atom is -0.479 e. The molecule has 2 fully saturated rings. The fourth-order valence-corrected chi connectivity index (χ4v) is 2.58. The molecule has 0 spiro atoms. The summed E-state index contributed by atoms with van der Waals surface area (Å²) in [4.78, 5) is 24.2. The number of ether oxygens (including phenoxy) is 1. The number of carboxylic acids is 1. The number of carbonyl (C=O) groups is 2. The predicted octanol–water partition coefficient (Wildman–Crippen LogP) is 0.0192. The number of nitrogens with zero attached hydrogens (tertiary/aromatic N) is 1. The van der Waals surface area contributed by atoms with Gasteiger partial charge < -0.3 is 15.6 Å². The van der Waals surface area contributed by atoms with E-state index >= 15 is 0 Å². The van der Waals surface area contributed by atoms with Crippen molar-refractivity contribution in [3.05, 3.63) is 0 Å². The molecule has 3 N–H and O–H groups in total. The van der Waals surface area contributed by atoms with Gasteiger partial charge in [-0.25, -0.2) is 9.59 Å². The third kappa shape index (κ3) is 1.44. The fourth-order valence-electron chi connectivity index (χ4n) is 2.58. The molecule has 1 amide bonds. The van der Waals surface area contributed by atoms with Crippen molar-refractivity contribution in [1.82, 2.24) is 4.90 Å². The van der Waals surface area contributed by atoms with E-state index in [2.05, 4.69) is 0 Å². The van der Waals surface area contributed by atoms with Crippen molar-refractivity contribution in [1.29, 1.82) is 0 Å². The Labute approximate surface area is 93.3 Å². The largest absolute Gasteiger partial charge is 0.479 e. The first-order valence-electron chi connectivity index (χ1n) is 5.45. The average molecular weight is 228 g/mol. The Kier molecular flexibility index (Phi) is 2.53. The minimum atomic E-state index is -1.04. The number of piperidine rings is 1. The van der Waals surface area contributed by atoms with Crippen LogP contribution < -0.4 is 5.73 Å². The SMILES string of the molecule is CCOC(=O)N1CC(N)CC2CC21C(=O)O. The monoisotopic (exact) mass is 228 g/mol. The van der Waals surface area contributed by atoms with E-state index in [0.29, 0.717) is 12.8 Å². The fraction of sp³-hybridized carbons (Fsp3) is 0.800. The molecule has 2 aliphatic rings. The van der Waals surface area contributed by atoms with Crippen molar-refractivity contribution in [3.63, 3.8) is 0 Å². The van der Waals surface area contributed by atoms with Crippen LogP contribution in [0.3, 0.4) is 0 Å². The van der Waals surface area contributed by atoms with Crippen LogP contribution in [0.5, 0.6) is 0 Å². The summed E-state index contributed by atoms with van der Waals surface area (Å²) in [5.74, 6) is -0.962. The van der Waals surface area contributed by atoms with Crippen molar-refractivity contribution in [3.8, 4) is 0 Å². The van der Waals surface area contributed by atoms with Crippen LogP contribution >= 0.6 is 0 Å². The Hall–Kier alpha value is -1.30. The molecule has 0 aromatic carbocycles. The summed E-state index contributed by atoms with van der Waals surface area (Å²) in [6.45, 7) is 2.20. The van der Waals surface area contributed by atoms with Crippen molar-refractivity contribution in [2.24, 2.45) is 11.7 Å². The zero-order chi connectivity index (χ0) is 11.9. The molecular weight excluding hydrogens is 212 g/mol. The lowest BCUT2D eigenvalue weighted by atomic mass is 9.99. The maximum Gasteiger partial charge on any atom is 0.410 e. The van der Waals surface area contributed by atoms with Gasteiger partial charge in [-0.2, -0.15) is 0 Å². The normalized spacial score (nSPS) is 36.5. The third-order valence-corrected chi connectivity index (χ3v) is 3.42. The number of hydrogen-bond acceptors (Lipinski definition) is 4. The third-order valence-electron chi connectivity index (χ3n) is 3.42. The second-order valence-corrected chi connectivity index (χ2v) is 4.44. The Morgan fingerprint density at radius 2 is 2.31 bits per heavy atom. The molecule has 1 saturated heterocycles. The highest BCUT2D eigenvalue weighted by Crippen LogP contribution is 2.54. The molecule has 16 heavy (non-hydrogen) atoms. The van der Waals surface area contributed by atoms with Crippen LogP contribution in [-0.2, 0) is 9.53 Å². The highest BCUT2D eigenvalue weighted by Gasteiger charge is 2.68. The van der Waals surface area contributed by atoms with Crippen LogP contribution in [0, 0.1) is 5.92 Å². The molecule has 90 valence electrons. The topological polar surface area (TPSA) is 92.9 Å². The van der Waals surface area contributed by atoms with Crippen molar-refractivity contribution in [2.45, 2.75) is 31.3 Å². The summed E-state index contributed by atoms with van der Waals surface area (Å²) in [6, 6.07) is -0.149. The molecule has 0 radical (unpaired) electrons. The number of carbonyl (C=O) groups excluding carboxylic acids is 1. The van der Waals surface area contributed by atoms with Gasteiger partial charge in [0.05, 0.1) is 6.61 Å². The number of hydrogen-bond donors (Lipinski definition) is 2. The number of likely N-dealkylation sites (tertiary alicyclic amines) is 1. The highest BCUT2D eigenvalue weighted by molar-refractivity contribution is 5.88. The maximum absolute atomic E-state index is 11.7. The van der Waals surface area contributed by atoms with E-state index in [0.717, 1.165) is 0 Å². The maximum atomic E-state index is 11.7. The van der Waals surface area contributed by atoms with E-state index in [-0.39, 0.29) is 25.1 Å². The van der Waals surface area contributed by atoms with Gasteiger partial charge in [0.25, 0.3) is 0 Å². The molecule has 6 nitrogen and oxygen atoms in total. The van der Waals surface area contributed by atoms with Gasteiger partial charge in [-0.1, -0.05) is 0 Å². The summed E-state index contributed by atoms with van der Waals surface area (Å²) in [7, 11) is 0. The lowest BCUT2D eigenvalue weighted by molar-refractivity contribution is -0.146. The Morgan fingerprint density at radius 1 is 1.62 bits per heavy atom. The van der Waals surface area contributed by atoms with Gasteiger partial charge >= 0.3 is 12.1 Å². The molecule has 3 atom stereocenters. The van der Waals surface area contributed by atoms with Crippen LogP contribution in [-0.4, -0.2) is 46.8 Å². The Balaban J connectivity index is 2.19. The molecule has 0 aromatic heterocycles. The summed E-state index contributed by atoms with van der Waals surface area (Å²) >= 11 is 0. The number of fused-ring (bicyclic) bond motifs is 1. The van der Waals surface area contributed by atoms with Crippen LogP contribution in [0.2, 0.25) is 0 Å². The van der Waals surface area contributed by atoms with Crippen molar-refractivity contribution in [2.75, 3.05) is 13.2 Å². The van der Waals surface area contributed by atoms with Gasteiger partial charge in [0.2, 0.25) is 0 Å². The molecule has 0 aromatic rings. The lowest BCUT2D eigenvalue weighted by Gasteiger charge is -2.35. The molecule has 2 rings (SSSR count). The summed E-state index contributed by atoms with van der Waals surface area (Å²) in [6.07, 6.45) is 0.597. The zero-order valence-electron chi connectivity index (χ0n) is 9.18. The van der Waals surface area contributed by atoms with E-state index in [1.54, 1.807) is 6.92 Å². The minimum absolute atomic E-state index is 0.0156. The molecule has 1 heterocycles. The first-order chi connectivity index (χ1) is 7.52. The zero-order valence-corrected chi connectivity index (χ0v) is 9.18. The number of carboxylic acid groups (broad SMARTS) is 1. The first kappa shape index (κ1) is 11.2.